The minimum absolute atomic E-state index is 0.348. The van der Waals surface area contributed by atoms with Gasteiger partial charge in [0.05, 0.1) is 0 Å². The maximum absolute atomic E-state index is 8.39. The lowest BCUT2D eigenvalue weighted by molar-refractivity contribution is 0.316. The van der Waals surface area contributed by atoms with E-state index >= 15 is 0 Å². The Morgan fingerprint density at radius 2 is 1.88 bits per heavy atom. The molecule has 4 N–H and O–H groups in total. The summed E-state index contributed by atoms with van der Waals surface area (Å²) in [6.07, 6.45) is 8.54. The van der Waals surface area contributed by atoms with E-state index in [9.17, 15) is 0 Å². The zero-order valence-electron chi connectivity index (χ0n) is 9.86. The van der Waals surface area contributed by atoms with Crippen LogP contribution in [0.1, 0.15) is 44.9 Å². The van der Waals surface area contributed by atoms with Crippen molar-refractivity contribution in [2.24, 2.45) is 22.7 Å². The van der Waals surface area contributed by atoms with E-state index in [-0.39, 0.29) is 0 Å². The molecule has 16 heavy (non-hydrogen) atoms. The van der Waals surface area contributed by atoms with Crippen LogP contribution < -0.4 is 11.1 Å². The third-order valence-electron chi connectivity index (χ3n) is 3.63. The molecule has 0 heterocycles. The van der Waals surface area contributed by atoms with Crippen molar-refractivity contribution in [3.05, 3.63) is 0 Å². The third-order valence-corrected chi connectivity index (χ3v) is 3.63. The highest BCUT2D eigenvalue weighted by atomic mass is 16.4. The van der Waals surface area contributed by atoms with Gasteiger partial charge in [-0.15, -0.1) is 0 Å². The van der Waals surface area contributed by atoms with Gasteiger partial charge in [0.25, 0.3) is 0 Å². The predicted octanol–water partition coefficient (Wildman–Crippen LogP) is 1.68. The molecule has 0 aliphatic heterocycles. The number of rotatable bonds is 8. The molecule has 0 bridgehead atoms. The Bertz CT molecular complexity index is 235. The van der Waals surface area contributed by atoms with E-state index in [1.807, 2.05) is 0 Å². The van der Waals surface area contributed by atoms with Crippen molar-refractivity contribution in [1.82, 2.24) is 5.32 Å². The minimum atomic E-state index is 0.348. The molecule has 4 heteroatoms. The monoisotopic (exact) mass is 225 g/mol. The SMILES string of the molecule is NC(CCCCNC(C1CC1)C1CC1)=NO. The van der Waals surface area contributed by atoms with Gasteiger partial charge in [0, 0.05) is 12.5 Å². The zero-order chi connectivity index (χ0) is 11.4. The Morgan fingerprint density at radius 1 is 1.25 bits per heavy atom. The first kappa shape index (κ1) is 11.7. The van der Waals surface area contributed by atoms with Gasteiger partial charge in [-0.05, 0) is 56.9 Å². The van der Waals surface area contributed by atoms with Gasteiger partial charge in [-0.2, -0.15) is 0 Å². The molecule has 0 unspecified atom stereocenters. The zero-order valence-corrected chi connectivity index (χ0v) is 9.86. The number of nitrogens with two attached hydrogens (primary N) is 1. The predicted molar refractivity (Wildman–Crippen MR) is 64.5 cm³/mol. The smallest absolute Gasteiger partial charge is 0.139 e. The summed E-state index contributed by atoms with van der Waals surface area (Å²) in [6.45, 7) is 1.08. The molecule has 0 aromatic heterocycles. The van der Waals surface area contributed by atoms with Crippen molar-refractivity contribution < 1.29 is 5.21 Å². The van der Waals surface area contributed by atoms with Crippen molar-refractivity contribution in [2.45, 2.75) is 51.0 Å². The van der Waals surface area contributed by atoms with Gasteiger partial charge in [0.2, 0.25) is 0 Å². The second-order valence-electron chi connectivity index (χ2n) is 5.20. The quantitative estimate of drug-likeness (QED) is 0.193. The Hall–Kier alpha value is -0.770. The van der Waals surface area contributed by atoms with E-state index in [4.69, 9.17) is 10.9 Å². The number of hydrogen-bond donors (Lipinski definition) is 3. The fraction of sp³-hybridized carbons (Fsp3) is 0.917. The van der Waals surface area contributed by atoms with E-state index in [0.717, 1.165) is 37.3 Å². The molecule has 2 saturated carbocycles. The van der Waals surface area contributed by atoms with Gasteiger partial charge in [0.15, 0.2) is 0 Å². The molecule has 0 saturated heterocycles. The summed E-state index contributed by atoms with van der Waals surface area (Å²) in [6, 6.07) is 0.795. The van der Waals surface area contributed by atoms with Gasteiger partial charge in [-0.3, -0.25) is 0 Å². The highest BCUT2D eigenvalue weighted by Gasteiger charge is 2.40. The van der Waals surface area contributed by atoms with Crippen molar-refractivity contribution >= 4 is 5.84 Å². The fourth-order valence-electron chi connectivity index (χ4n) is 2.38. The van der Waals surface area contributed by atoms with Crippen LogP contribution in [0.4, 0.5) is 0 Å². The van der Waals surface area contributed by atoms with Gasteiger partial charge < -0.3 is 16.3 Å². The molecule has 0 spiro atoms. The topological polar surface area (TPSA) is 70.6 Å². The lowest BCUT2D eigenvalue weighted by atomic mass is 10.1. The summed E-state index contributed by atoms with van der Waals surface area (Å²) in [5.41, 5.74) is 5.41. The molecule has 0 radical (unpaired) electrons. The highest BCUT2D eigenvalue weighted by Crippen LogP contribution is 2.44. The molecule has 2 rings (SSSR count). The van der Waals surface area contributed by atoms with Crippen molar-refractivity contribution in [2.75, 3.05) is 6.54 Å². The number of hydrogen-bond acceptors (Lipinski definition) is 3. The van der Waals surface area contributed by atoms with Crippen LogP contribution >= 0.6 is 0 Å². The van der Waals surface area contributed by atoms with Crippen LogP contribution in [0.3, 0.4) is 0 Å². The van der Waals surface area contributed by atoms with E-state index in [1.165, 1.54) is 25.7 Å². The lowest BCUT2D eigenvalue weighted by Gasteiger charge is -2.17. The minimum Gasteiger partial charge on any atom is -0.409 e. The average Bonchev–Trinajstić information content (AvgIpc) is 3.16. The highest BCUT2D eigenvalue weighted by molar-refractivity contribution is 5.79. The largest absolute Gasteiger partial charge is 0.409 e. The Labute approximate surface area is 97.3 Å². The van der Waals surface area contributed by atoms with Crippen molar-refractivity contribution in [1.29, 1.82) is 0 Å². The molecule has 0 aromatic carbocycles. The molecule has 4 nitrogen and oxygen atoms in total. The van der Waals surface area contributed by atoms with Crippen LogP contribution in [-0.2, 0) is 0 Å². The summed E-state index contributed by atoms with van der Waals surface area (Å²) in [5.74, 6) is 2.29. The molecule has 0 amide bonds. The van der Waals surface area contributed by atoms with Crippen LogP contribution in [0.25, 0.3) is 0 Å². The Balaban J connectivity index is 1.53. The van der Waals surface area contributed by atoms with Gasteiger partial charge >= 0.3 is 0 Å². The van der Waals surface area contributed by atoms with E-state index < -0.39 is 0 Å². The van der Waals surface area contributed by atoms with Gasteiger partial charge in [-0.25, -0.2) is 0 Å². The van der Waals surface area contributed by atoms with E-state index in [0.29, 0.717) is 12.3 Å². The van der Waals surface area contributed by atoms with Gasteiger partial charge in [-0.1, -0.05) is 5.16 Å². The van der Waals surface area contributed by atoms with Crippen LogP contribution in [-0.4, -0.2) is 23.6 Å². The van der Waals surface area contributed by atoms with Crippen LogP contribution in [0.15, 0.2) is 5.16 Å². The molecule has 2 aliphatic rings. The number of nitrogens with zero attached hydrogens (tertiary/aromatic N) is 1. The first-order valence-electron chi connectivity index (χ1n) is 6.51. The van der Waals surface area contributed by atoms with E-state index in [2.05, 4.69) is 10.5 Å². The molecule has 2 aliphatic carbocycles. The molecular formula is C12H23N3O. The Morgan fingerprint density at radius 3 is 2.38 bits per heavy atom. The lowest BCUT2D eigenvalue weighted by Crippen LogP contribution is -2.33. The summed E-state index contributed by atoms with van der Waals surface area (Å²) in [5, 5.41) is 15.1. The molecule has 2 fully saturated rings. The molecular weight excluding hydrogens is 202 g/mol. The molecule has 0 aromatic rings. The van der Waals surface area contributed by atoms with Crippen LogP contribution in [0.2, 0.25) is 0 Å². The van der Waals surface area contributed by atoms with Crippen molar-refractivity contribution in [3.8, 4) is 0 Å². The summed E-state index contributed by atoms with van der Waals surface area (Å²) >= 11 is 0. The number of oxime groups is 1. The number of unbranched alkanes of at least 4 members (excludes halogenated alkanes) is 1. The van der Waals surface area contributed by atoms with Crippen molar-refractivity contribution in [3.63, 3.8) is 0 Å². The summed E-state index contributed by atoms with van der Waals surface area (Å²) < 4.78 is 0. The third kappa shape index (κ3) is 3.67. The second-order valence-corrected chi connectivity index (χ2v) is 5.20. The summed E-state index contributed by atoms with van der Waals surface area (Å²) in [4.78, 5) is 0. The first-order valence-corrected chi connectivity index (χ1v) is 6.51. The van der Waals surface area contributed by atoms with E-state index in [1.54, 1.807) is 0 Å². The molecule has 92 valence electrons. The fourth-order valence-corrected chi connectivity index (χ4v) is 2.38. The summed E-state index contributed by atoms with van der Waals surface area (Å²) in [7, 11) is 0. The normalized spacial score (nSPS) is 21.7. The maximum atomic E-state index is 8.39. The average molecular weight is 225 g/mol. The standard InChI is InChI=1S/C12H23N3O/c13-11(15-16)3-1-2-8-14-12(9-4-5-9)10-6-7-10/h9-10,12,14,16H,1-8H2,(H2,13,15). The number of nitrogens with one attached hydrogen (secondary N) is 1. The first-order chi connectivity index (χ1) is 7.81. The van der Waals surface area contributed by atoms with Crippen LogP contribution in [0, 0.1) is 11.8 Å². The number of amidine groups is 1. The van der Waals surface area contributed by atoms with Gasteiger partial charge in [0.1, 0.15) is 5.84 Å². The van der Waals surface area contributed by atoms with Crippen LogP contribution in [0.5, 0.6) is 0 Å². The Kier molecular flexibility index (Phi) is 4.04. The molecule has 0 atom stereocenters. The maximum Gasteiger partial charge on any atom is 0.139 e. The second kappa shape index (κ2) is 5.53.